The second-order valence-corrected chi connectivity index (χ2v) is 4.80. The molecule has 4 nitrogen and oxygen atoms in total. The number of thioether (sulfide) groups is 1. The second kappa shape index (κ2) is 3.59. The van der Waals surface area contributed by atoms with Gasteiger partial charge in [0, 0.05) is 18.0 Å². The highest BCUT2D eigenvalue weighted by molar-refractivity contribution is 7.99. The molecule has 2 aromatic heterocycles. The SMILES string of the molecule is CCC1CSc2nc3ncccc3c(=O)n21. The van der Waals surface area contributed by atoms with Crippen LogP contribution in [0.25, 0.3) is 11.0 Å². The number of hydrogen-bond acceptors (Lipinski definition) is 4. The summed E-state index contributed by atoms with van der Waals surface area (Å²) >= 11 is 1.64. The molecule has 82 valence electrons. The Balaban J connectivity index is 2.37. The molecule has 2 aromatic rings. The summed E-state index contributed by atoms with van der Waals surface area (Å²) in [6.45, 7) is 2.10. The van der Waals surface area contributed by atoms with Crippen LogP contribution in [0, 0.1) is 0 Å². The van der Waals surface area contributed by atoms with Crippen LogP contribution in [0.1, 0.15) is 19.4 Å². The zero-order chi connectivity index (χ0) is 11.1. The minimum Gasteiger partial charge on any atom is -0.283 e. The Morgan fingerprint density at radius 3 is 3.31 bits per heavy atom. The summed E-state index contributed by atoms with van der Waals surface area (Å²) in [6, 6.07) is 3.85. The summed E-state index contributed by atoms with van der Waals surface area (Å²) in [4.78, 5) is 20.8. The molecule has 0 amide bonds. The largest absolute Gasteiger partial charge is 0.283 e. The predicted molar refractivity (Wildman–Crippen MR) is 63.9 cm³/mol. The lowest BCUT2D eigenvalue weighted by Gasteiger charge is -2.10. The van der Waals surface area contributed by atoms with E-state index in [9.17, 15) is 4.79 Å². The molecular formula is C11H11N3OS. The zero-order valence-electron chi connectivity index (χ0n) is 8.88. The minimum atomic E-state index is 0.0463. The van der Waals surface area contributed by atoms with Gasteiger partial charge >= 0.3 is 0 Å². The summed E-state index contributed by atoms with van der Waals surface area (Å²) < 4.78 is 1.81. The molecule has 0 bridgehead atoms. The molecule has 1 aliphatic rings. The van der Waals surface area contributed by atoms with E-state index in [0.717, 1.165) is 17.3 Å². The van der Waals surface area contributed by atoms with Gasteiger partial charge in [-0.05, 0) is 18.6 Å². The number of aromatic nitrogens is 3. The van der Waals surface area contributed by atoms with Crippen molar-refractivity contribution in [2.45, 2.75) is 24.5 Å². The summed E-state index contributed by atoms with van der Waals surface area (Å²) in [5, 5.41) is 1.43. The maximum Gasteiger partial charge on any atom is 0.263 e. The van der Waals surface area contributed by atoms with Gasteiger partial charge in [0.15, 0.2) is 10.8 Å². The maximum atomic E-state index is 12.3. The molecule has 0 saturated heterocycles. The van der Waals surface area contributed by atoms with E-state index in [-0.39, 0.29) is 11.6 Å². The van der Waals surface area contributed by atoms with E-state index in [4.69, 9.17) is 0 Å². The molecule has 5 heteroatoms. The second-order valence-electron chi connectivity index (χ2n) is 3.82. The molecule has 0 N–H and O–H groups in total. The minimum absolute atomic E-state index is 0.0463. The molecule has 0 radical (unpaired) electrons. The monoisotopic (exact) mass is 233 g/mol. The number of hydrogen-bond donors (Lipinski definition) is 0. The van der Waals surface area contributed by atoms with Crippen molar-refractivity contribution in [3.8, 4) is 0 Å². The zero-order valence-corrected chi connectivity index (χ0v) is 9.70. The van der Waals surface area contributed by atoms with Crippen molar-refractivity contribution in [2.24, 2.45) is 0 Å². The van der Waals surface area contributed by atoms with Gasteiger partial charge in [-0.25, -0.2) is 9.97 Å². The van der Waals surface area contributed by atoms with Crippen molar-refractivity contribution in [3.05, 3.63) is 28.7 Å². The molecule has 1 atom stereocenters. The lowest BCUT2D eigenvalue weighted by Crippen LogP contribution is -2.24. The van der Waals surface area contributed by atoms with Crippen LogP contribution in [0.4, 0.5) is 0 Å². The third-order valence-electron chi connectivity index (χ3n) is 2.88. The van der Waals surface area contributed by atoms with Crippen molar-refractivity contribution in [1.82, 2.24) is 14.5 Å². The average Bonchev–Trinajstić information content (AvgIpc) is 2.72. The van der Waals surface area contributed by atoms with Crippen LogP contribution >= 0.6 is 11.8 Å². The molecular weight excluding hydrogens is 222 g/mol. The molecule has 0 saturated carbocycles. The smallest absolute Gasteiger partial charge is 0.263 e. The fourth-order valence-electron chi connectivity index (χ4n) is 1.98. The molecule has 3 rings (SSSR count). The lowest BCUT2D eigenvalue weighted by molar-refractivity contribution is 0.496. The first-order chi connectivity index (χ1) is 7.81. The van der Waals surface area contributed by atoms with E-state index in [0.29, 0.717) is 11.0 Å². The van der Waals surface area contributed by atoms with E-state index >= 15 is 0 Å². The van der Waals surface area contributed by atoms with Gasteiger partial charge in [0.2, 0.25) is 0 Å². The van der Waals surface area contributed by atoms with Crippen molar-refractivity contribution in [1.29, 1.82) is 0 Å². The fraction of sp³-hybridized carbons (Fsp3) is 0.364. The van der Waals surface area contributed by atoms with Crippen molar-refractivity contribution >= 4 is 22.8 Å². The molecule has 3 heterocycles. The summed E-state index contributed by atoms with van der Waals surface area (Å²) in [5.74, 6) is 0.940. The molecule has 0 aromatic carbocycles. The molecule has 0 fully saturated rings. The standard InChI is InChI=1S/C11H11N3OS/c1-2-7-6-16-11-13-9-8(4-3-5-12-9)10(15)14(7)11/h3-5,7H,2,6H2,1H3. The number of rotatable bonds is 1. The highest BCUT2D eigenvalue weighted by atomic mass is 32.2. The third-order valence-corrected chi connectivity index (χ3v) is 3.98. The molecule has 1 unspecified atom stereocenters. The Morgan fingerprint density at radius 1 is 1.62 bits per heavy atom. The van der Waals surface area contributed by atoms with Crippen LogP contribution in [-0.4, -0.2) is 20.3 Å². The Morgan fingerprint density at radius 2 is 2.50 bits per heavy atom. The first kappa shape index (κ1) is 9.84. The van der Waals surface area contributed by atoms with Gasteiger partial charge in [0.05, 0.1) is 5.39 Å². The molecule has 16 heavy (non-hydrogen) atoms. The van der Waals surface area contributed by atoms with Crippen LogP contribution in [0.2, 0.25) is 0 Å². The number of nitrogens with zero attached hydrogens (tertiary/aromatic N) is 3. The van der Waals surface area contributed by atoms with E-state index in [2.05, 4.69) is 16.9 Å². The Hall–Kier alpha value is -1.36. The van der Waals surface area contributed by atoms with Crippen LogP contribution in [0.5, 0.6) is 0 Å². The maximum absolute atomic E-state index is 12.3. The van der Waals surface area contributed by atoms with E-state index in [1.807, 2.05) is 4.57 Å². The van der Waals surface area contributed by atoms with Crippen molar-refractivity contribution in [2.75, 3.05) is 5.75 Å². The third kappa shape index (κ3) is 1.28. The first-order valence-electron chi connectivity index (χ1n) is 5.31. The predicted octanol–water partition coefficient (Wildman–Crippen LogP) is 1.85. The highest BCUT2D eigenvalue weighted by Crippen LogP contribution is 2.32. The molecule has 0 aliphatic carbocycles. The van der Waals surface area contributed by atoms with Gasteiger partial charge in [-0.3, -0.25) is 9.36 Å². The summed E-state index contributed by atoms with van der Waals surface area (Å²) in [7, 11) is 0. The van der Waals surface area contributed by atoms with Gasteiger partial charge in [-0.1, -0.05) is 18.7 Å². The van der Waals surface area contributed by atoms with Gasteiger partial charge in [0.25, 0.3) is 5.56 Å². The van der Waals surface area contributed by atoms with Crippen LogP contribution in [-0.2, 0) is 0 Å². The number of pyridine rings is 1. The molecule has 1 aliphatic heterocycles. The van der Waals surface area contributed by atoms with Crippen LogP contribution < -0.4 is 5.56 Å². The first-order valence-corrected chi connectivity index (χ1v) is 6.30. The Kier molecular flexibility index (Phi) is 2.21. The van der Waals surface area contributed by atoms with Crippen LogP contribution in [0.3, 0.4) is 0 Å². The van der Waals surface area contributed by atoms with E-state index in [1.54, 1.807) is 30.1 Å². The van der Waals surface area contributed by atoms with E-state index in [1.165, 1.54) is 0 Å². The lowest BCUT2D eigenvalue weighted by atomic mass is 10.2. The quantitative estimate of drug-likeness (QED) is 0.705. The van der Waals surface area contributed by atoms with Crippen molar-refractivity contribution in [3.63, 3.8) is 0 Å². The van der Waals surface area contributed by atoms with Gasteiger partial charge in [-0.15, -0.1) is 0 Å². The van der Waals surface area contributed by atoms with Gasteiger partial charge in [0.1, 0.15) is 0 Å². The van der Waals surface area contributed by atoms with E-state index < -0.39 is 0 Å². The van der Waals surface area contributed by atoms with Crippen LogP contribution in [0.15, 0.2) is 28.3 Å². The number of fused-ring (bicyclic) bond motifs is 2. The van der Waals surface area contributed by atoms with Crippen molar-refractivity contribution < 1.29 is 0 Å². The normalized spacial score (nSPS) is 18.9. The van der Waals surface area contributed by atoms with Gasteiger partial charge < -0.3 is 0 Å². The summed E-state index contributed by atoms with van der Waals surface area (Å²) in [6.07, 6.45) is 2.64. The fourth-order valence-corrected chi connectivity index (χ4v) is 3.23. The van der Waals surface area contributed by atoms with Gasteiger partial charge in [-0.2, -0.15) is 0 Å². The highest BCUT2D eigenvalue weighted by Gasteiger charge is 2.25. The molecule has 0 spiro atoms. The Bertz CT molecular complexity index is 608. The Labute approximate surface area is 96.7 Å². The topological polar surface area (TPSA) is 47.8 Å². The average molecular weight is 233 g/mol. The summed E-state index contributed by atoms with van der Waals surface area (Å²) in [5.41, 5.74) is 0.605.